The summed E-state index contributed by atoms with van der Waals surface area (Å²) in [5, 5.41) is 16.3. The highest BCUT2D eigenvalue weighted by Crippen LogP contribution is 2.17. The molecule has 1 rings (SSSR count). The predicted molar refractivity (Wildman–Crippen MR) is 57.3 cm³/mol. The SMILES string of the molecule is N#CCCNC(=O)CNCC(=O)NC1CC1. The maximum atomic E-state index is 11.2. The third-order valence-corrected chi connectivity index (χ3v) is 2.07. The van der Waals surface area contributed by atoms with Crippen molar-refractivity contribution in [1.29, 1.82) is 5.26 Å². The van der Waals surface area contributed by atoms with E-state index in [1.54, 1.807) is 0 Å². The van der Waals surface area contributed by atoms with E-state index in [-0.39, 0.29) is 24.9 Å². The van der Waals surface area contributed by atoms with Crippen LogP contribution in [0.15, 0.2) is 0 Å². The molecule has 1 saturated carbocycles. The Balaban J connectivity index is 1.94. The van der Waals surface area contributed by atoms with Crippen LogP contribution in [0.1, 0.15) is 19.3 Å². The van der Waals surface area contributed by atoms with Crippen LogP contribution in [-0.2, 0) is 9.59 Å². The quantitative estimate of drug-likeness (QED) is 0.478. The highest BCUT2D eigenvalue weighted by atomic mass is 16.2. The van der Waals surface area contributed by atoms with Gasteiger partial charge in [-0.05, 0) is 12.8 Å². The van der Waals surface area contributed by atoms with Crippen molar-refractivity contribution in [2.24, 2.45) is 0 Å². The second-order valence-corrected chi connectivity index (χ2v) is 3.70. The molecular formula is C10H16N4O2. The Bertz CT molecular complexity index is 294. The van der Waals surface area contributed by atoms with Gasteiger partial charge in [-0.1, -0.05) is 0 Å². The average molecular weight is 224 g/mol. The Hall–Kier alpha value is -1.61. The summed E-state index contributed by atoms with van der Waals surface area (Å²) < 4.78 is 0. The predicted octanol–water partition coefficient (Wildman–Crippen LogP) is -1.12. The molecule has 0 unspecified atom stereocenters. The molecule has 1 aliphatic rings. The van der Waals surface area contributed by atoms with Gasteiger partial charge < -0.3 is 10.6 Å². The molecule has 88 valence electrons. The van der Waals surface area contributed by atoms with Gasteiger partial charge in [0.25, 0.3) is 0 Å². The molecule has 16 heavy (non-hydrogen) atoms. The Kier molecular flexibility index (Phi) is 5.29. The summed E-state index contributed by atoms with van der Waals surface area (Å²) in [4.78, 5) is 22.3. The minimum atomic E-state index is -0.200. The molecule has 1 aliphatic carbocycles. The number of nitrogens with one attached hydrogen (secondary N) is 3. The number of carbonyl (C=O) groups excluding carboxylic acids is 2. The van der Waals surface area contributed by atoms with Crippen molar-refractivity contribution in [3.8, 4) is 6.07 Å². The summed E-state index contributed by atoms with van der Waals surface area (Å²) in [5.41, 5.74) is 0. The largest absolute Gasteiger partial charge is 0.354 e. The van der Waals surface area contributed by atoms with Gasteiger partial charge in [0.1, 0.15) is 0 Å². The number of carbonyl (C=O) groups is 2. The van der Waals surface area contributed by atoms with E-state index in [4.69, 9.17) is 5.26 Å². The minimum Gasteiger partial charge on any atom is -0.354 e. The summed E-state index contributed by atoms with van der Waals surface area (Å²) in [6.45, 7) is 0.608. The monoisotopic (exact) mass is 224 g/mol. The van der Waals surface area contributed by atoms with Crippen molar-refractivity contribution in [3.63, 3.8) is 0 Å². The molecule has 0 aromatic rings. The van der Waals surface area contributed by atoms with Crippen LogP contribution >= 0.6 is 0 Å². The lowest BCUT2D eigenvalue weighted by molar-refractivity contribution is -0.121. The fourth-order valence-corrected chi connectivity index (χ4v) is 1.12. The van der Waals surface area contributed by atoms with Gasteiger partial charge in [0, 0.05) is 12.6 Å². The van der Waals surface area contributed by atoms with Crippen LogP contribution in [0.3, 0.4) is 0 Å². The molecule has 0 radical (unpaired) electrons. The van der Waals surface area contributed by atoms with Crippen LogP contribution in [0.25, 0.3) is 0 Å². The first kappa shape index (κ1) is 12.5. The van der Waals surface area contributed by atoms with E-state index in [1.165, 1.54) is 0 Å². The van der Waals surface area contributed by atoms with Gasteiger partial charge in [-0.25, -0.2) is 0 Å². The molecule has 0 aliphatic heterocycles. The highest BCUT2D eigenvalue weighted by molar-refractivity contribution is 5.81. The van der Waals surface area contributed by atoms with Crippen molar-refractivity contribution in [3.05, 3.63) is 0 Å². The van der Waals surface area contributed by atoms with Gasteiger partial charge in [0.2, 0.25) is 11.8 Å². The summed E-state index contributed by atoms with van der Waals surface area (Å²) in [6, 6.07) is 2.27. The van der Waals surface area contributed by atoms with E-state index in [2.05, 4.69) is 16.0 Å². The van der Waals surface area contributed by atoms with Crippen LogP contribution in [-0.4, -0.2) is 37.5 Å². The summed E-state index contributed by atoms with van der Waals surface area (Å²) in [5.74, 6) is -0.276. The van der Waals surface area contributed by atoms with Gasteiger partial charge in [-0.15, -0.1) is 0 Å². The van der Waals surface area contributed by atoms with Crippen LogP contribution in [0, 0.1) is 11.3 Å². The molecule has 1 fully saturated rings. The van der Waals surface area contributed by atoms with Crippen molar-refractivity contribution in [1.82, 2.24) is 16.0 Å². The molecule has 6 nitrogen and oxygen atoms in total. The van der Waals surface area contributed by atoms with E-state index in [0.29, 0.717) is 19.0 Å². The molecule has 0 aromatic carbocycles. The summed E-state index contributed by atoms with van der Waals surface area (Å²) >= 11 is 0. The number of rotatable bonds is 7. The first-order valence-corrected chi connectivity index (χ1v) is 5.36. The number of nitriles is 1. The zero-order chi connectivity index (χ0) is 11.8. The van der Waals surface area contributed by atoms with E-state index >= 15 is 0 Å². The minimum absolute atomic E-state index is 0.0766. The molecule has 0 bridgehead atoms. The Labute approximate surface area is 94.4 Å². The van der Waals surface area contributed by atoms with Crippen LogP contribution in [0.4, 0.5) is 0 Å². The van der Waals surface area contributed by atoms with Crippen molar-refractivity contribution >= 4 is 11.8 Å². The molecule has 3 N–H and O–H groups in total. The molecule has 0 heterocycles. The maximum Gasteiger partial charge on any atom is 0.234 e. The van der Waals surface area contributed by atoms with Crippen molar-refractivity contribution in [2.45, 2.75) is 25.3 Å². The molecule has 0 aromatic heterocycles. The normalized spacial score (nSPS) is 13.9. The molecular weight excluding hydrogens is 208 g/mol. The van der Waals surface area contributed by atoms with Crippen LogP contribution in [0.2, 0.25) is 0 Å². The fraction of sp³-hybridized carbons (Fsp3) is 0.700. The van der Waals surface area contributed by atoms with Crippen molar-refractivity contribution < 1.29 is 9.59 Å². The molecule has 0 saturated heterocycles. The van der Waals surface area contributed by atoms with Crippen LogP contribution in [0.5, 0.6) is 0 Å². The van der Waals surface area contributed by atoms with Crippen LogP contribution < -0.4 is 16.0 Å². The lowest BCUT2D eigenvalue weighted by atomic mass is 10.4. The smallest absolute Gasteiger partial charge is 0.234 e. The lowest BCUT2D eigenvalue weighted by Gasteiger charge is -2.05. The number of hydrogen-bond donors (Lipinski definition) is 3. The van der Waals surface area contributed by atoms with Gasteiger partial charge in [0.15, 0.2) is 0 Å². The average Bonchev–Trinajstić information content (AvgIpc) is 3.02. The van der Waals surface area contributed by atoms with E-state index in [0.717, 1.165) is 12.8 Å². The molecule has 6 heteroatoms. The van der Waals surface area contributed by atoms with Gasteiger partial charge in [-0.2, -0.15) is 5.26 Å². The zero-order valence-electron chi connectivity index (χ0n) is 9.08. The van der Waals surface area contributed by atoms with Crippen molar-refractivity contribution in [2.75, 3.05) is 19.6 Å². The van der Waals surface area contributed by atoms with E-state index in [1.807, 2.05) is 6.07 Å². The number of nitrogens with zero attached hydrogens (tertiary/aromatic N) is 1. The molecule has 0 spiro atoms. The topological polar surface area (TPSA) is 94.0 Å². The zero-order valence-corrected chi connectivity index (χ0v) is 9.08. The second kappa shape index (κ2) is 6.80. The third kappa shape index (κ3) is 5.98. The molecule has 0 atom stereocenters. The number of amides is 2. The Morgan fingerprint density at radius 1 is 1.25 bits per heavy atom. The maximum absolute atomic E-state index is 11.2. The lowest BCUT2D eigenvalue weighted by Crippen LogP contribution is -2.40. The van der Waals surface area contributed by atoms with E-state index in [9.17, 15) is 9.59 Å². The van der Waals surface area contributed by atoms with Gasteiger partial charge in [-0.3, -0.25) is 14.9 Å². The van der Waals surface area contributed by atoms with E-state index < -0.39 is 0 Å². The Morgan fingerprint density at radius 3 is 2.56 bits per heavy atom. The first-order chi connectivity index (χ1) is 7.72. The third-order valence-electron chi connectivity index (χ3n) is 2.07. The second-order valence-electron chi connectivity index (χ2n) is 3.70. The summed E-state index contributed by atoms with van der Waals surface area (Å²) in [7, 11) is 0. The number of hydrogen-bond acceptors (Lipinski definition) is 4. The first-order valence-electron chi connectivity index (χ1n) is 5.36. The standard InChI is InChI=1S/C10H16N4O2/c11-4-1-5-13-9(15)6-12-7-10(16)14-8-2-3-8/h8,12H,1-3,5-7H2,(H,13,15)(H,14,16). The molecule has 2 amide bonds. The highest BCUT2D eigenvalue weighted by Gasteiger charge is 2.22. The van der Waals surface area contributed by atoms with Gasteiger partial charge in [0.05, 0.1) is 25.6 Å². The summed E-state index contributed by atoms with van der Waals surface area (Å²) in [6.07, 6.45) is 2.41. The fourth-order valence-electron chi connectivity index (χ4n) is 1.12. The van der Waals surface area contributed by atoms with Gasteiger partial charge >= 0.3 is 0 Å². The Morgan fingerprint density at radius 2 is 1.94 bits per heavy atom.